The number of hydrogen-bond donors (Lipinski definition) is 3. The fourth-order valence-electron chi connectivity index (χ4n) is 1.66. The molecule has 1 aromatic carbocycles. The maximum atomic E-state index is 11.8. The number of nitrogens with one attached hydrogen (secondary N) is 2. The van der Waals surface area contributed by atoms with Gasteiger partial charge >= 0.3 is 0 Å². The Labute approximate surface area is 118 Å². The number of carbonyl (C=O) groups excluding carboxylic acids is 1. The zero-order valence-electron chi connectivity index (χ0n) is 10.3. The molecule has 3 aromatic rings. The van der Waals surface area contributed by atoms with Crippen LogP contribution in [0, 0.1) is 0 Å². The summed E-state index contributed by atoms with van der Waals surface area (Å²) in [7, 11) is 0. The summed E-state index contributed by atoms with van der Waals surface area (Å²) in [5, 5.41) is 11.5. The van der Waals surface area contributed by atoms with E-state index in [4.69, 9.17) is 5.73 Å². The largest absolute Gasteiger partial charge is 0.399 e. The normalized spacial score (nSPS) is 10.4. The van der Waals surface area contributed by atoms with Crippen molar-refractivity contribution in [3.63, 3.8) is 0 Å². The summed E-state index contributed by atoms with van der Waals surface area (Å²) in [5.41, 5.74) is 8.51. The number of H-pyrrole nitrogens is 1. The molecule has 4 N–H and O–H groups in total. The Morgan fingerprint density at radius 2 is 2.05 bits per heavy atom. The van der Waals surface area contributed by atoms with Gasteiger partial charge in [-0.2, -0.15) is 5.10 Å². The maximum Gasteiger partial charge on any atom is 0.275 e. The average Bonchev–Trinajstić information content (AvgIpc) is 3.10. The van der Waals surface area contributed by atoms with E-state index in [-0.39, 0.29) is 5.91 Å². The van der Waals surface area contributed by atoms with E-state index in [0.29, 0.717) is 16.5 Å². The molecule has 100 valence electrons. The molecule has 0 bridgehead atoms. The molecule has 0 aliphatic rings. The highest BCUT2D eigenvalue weighted by molar-refractivity contribution is 7.14. The summed E-state index contributed by atoms with van der Waals surface area (Å²) < 4.78 is 0. The first-order chi connectivity index (χ1) is 9.72. The molecule has 0 saturated carbocycles. The van der Waals surface area contributed by atoms with Crippen LogP contribution in [-0.4, -0.2) is 21.1 Å². The Kier molecular flexibility index (Phi) is 3.18. The van der Waals surface area contributed by atoms with Gasteiger partial charge in [0.15, 0.2) is 5.13 Å². The van der Waals surface area contributed by atoms with Gasteiger partial charge in [0.2, 0.25) is 0 Å². The minimum atomic E-state index is -0.263. The number of hydrogen-bond acceptors (Lipinski definition) is 5. The SMILES string of the molecule is Nc1ccc(-c2csc(NC(=O)c3ccn[nH]3)n2)cc1. The van der Waals surface area contributed by atoms with Crippen molar-refractivity contribution >= 4 is 28.1 Å². The second-order valence-corrected chi connectivity index (χ2v) is 4.94. The molecule has 2 aromatic heterocycles. The fraction of sp³-hybridized carbons (Fsp3) is 0. The van der Waals surface area contributed by atoms with Crippen molar-refractivity contribution in [2.45, 2.75) is 0 Å². The Morgan fingerprint density at radius 1 is 1.25 bits per heavy atom. The monoisotopic (exact) mass is 285 g/mol. The zero-order valence-corrected chi connectivity index (χ0v) is 11.1. The molecule has 0 fully saturated rings. The lowest BCUT2D eigenvalue weighted by Crippen LogP contribution is -2.12. The van der Waals surface area contributed by atoms with Crippen LogP contribution in [0.2, 0.25) is 0 Å². The molecule has 0 saturated heterocycles. The van der Waals surface area contributed by atoms with E-state index in [9.17, 15) is 4.79 Å². The number of nitrogen functional groups attached to an aromatic ring is 1. The fourth-order valence-corrected chi connectivity index (χ4v) is 2.38. The summed E-state index contributed by atoms with van der Waals surface area (Å²) in [6, 6.07) is 9.02. The van der Waals surface area contributed by atoms with Crippen LogP contribution in [-0.2, 0) is 0 Å². The third-order valence-electron chi connectivity index (χ3n) is 2.68. The highest BCUT2D eigenvalue weighted by Gasteiger charge is 2.10. The van der Waals surface area contributed by atoms with Crippen LogP contribution in [0.5, 0.6) is 0 Å². The van der Waals surface area contributed by atoms with Gasteiger partial charge in [0.25, 0.3) is 5.91 Å². The number of carbonyl (C=O) groups is 1. The molecule has 3 rings (SSSR count). The first-order valence-electron chi connectivity index (χ1n) is 5.84. The molecule has 0 spiro atoms. The van der Waals surface area contributed by atoms with Crippen LogP contribution in [0.1, 0.15) is 10.5 Å². The predicted octanol–water partition coefficient (Wildman–Crippen LogP) is 2.37. The molecule has 20 heavy (non-hydrogen) atoms. The maximum absolute atomic E-state index is 11.8. The predicted molar refractivity (Wildman–Crippen MR) is 78.5 cm³/mol. The van der Waals surface area contributed by atoms with Crippen molar-refractivity contribution in [3.05, 3.63) is 47.6 Å². The molecule has 7 heteroatoms. The lowest BCUT2D eigenvalue weighted by molar-refractivity contribution is 0.102. The number of nitrogens with zero attached hydrogens (tertiary/aromatic N) is 2. The summed E-state index contributed by atoms with van der Waals surface area (Å²) in [6.07, 6.45) is 1.52. The molecular weight excluding hydrogens is 274 g/mol. The molecule has 1 amide bonds. The Morgan fingerprint density at radius 3 is 2.75 bits per heavy atom. The number of benzene rings is 1. The highest BCUT2D eigenvalue weighted by atomic mass is 32.1. The average molecular weight is 285 g/mol. The minimum absolute atomic E-state index is 0.263. The minimum Gasteiger partial charge on any atom is -0.399 e. The van der Waals surface area contributed by atoms with Crippen LogP contribution >= 0.6 is 11.3 Å². The van der Waals surface area contributed by atoms with Gasteiger partial charge in [-0.1, -0.05) is 12.1 Å². The van der Waals surface area contributed by atoms with Crippen LogP contribution in [0.3, 0.4) is 0 Å². The number of thiazole rings is 1. The molecule has 0 radical (unpaired) electrons. The summed E-state index contributed by atoms with van der Waals surface area (Å²) >= 11 is 1.37. The van der Waals surface area contributed by atoms with Gasteiger partial charge in [-0.05, 0) is 18.2 Å². The van der Waals surface area contributed by atoms with Crippen molar-refractivity contribution < 1.29 is 4.79 Å². The third kappa shape index (κ3) is 2.52. The molecule has 0 atom stereocenters. The molecular formula is C13H11N5OS. The van der Waals surface area contributed by atoms with Crippen molar-refractivity contribution in [1.82, 2.24) is 15.2 Å². The van der Waals surface area contributed by atoms with Crippen LogP contribution < -0.4 is 11.1 Å². The quantitative estimate of drug-likeness (QED) is 0.643. The Balaban J connectivity index is 1.77. The summed E-state index contributed by atoms with van der Waals surface area (Å²) in [4.78, 5) is 16.2. The van der Waals surface area contributed by atoms with Crippen molar-refractivity contribution in [2.75, 3.05) is 11.1 Å². The van der Waals surface area contributed by atoms with Gasteiger partial charge in [-0.25, -0.2) is 4.98 Å². The summed E-state index contributed by atoms with van der Waals surface area (Å²) in [6.45, 7) is 0. The number of nitrogens with two attached hydrogens (primary N) is 1. The van der Waals surface area contributed by atoms with Gasteiger partial charge in [-0.15, -0.1) is 11.3 Å². The second kappa shape index (κ2) is 5.14. The molecule has 0 aliphatic heterocycles. The number of rotatable bonds is 3. The van der Waals surface area contributed by atoms with Crippen molar-refractivity contribution in [1.29, 1.82) is 0 Å². The van der Waals surface area contributed by atoms with Crippen molar-refractivity contribution in [3.8, 4) is 11.3 Å². The standard InChI is InChI=1S/C13H11N5OS/c14-9-3-1-8(2-4-9)11-7-20-13(16-11)17-12(19)10-5-6-15-18-10/h1-7H,14H2,(H,15,18)(H,16,17,19). The van der Waals surface area contributed by atoms with E-state index in [2.05, 4.69) is 20.5 Å². The van der Waals surface area contributed by atoms with E-state index >= 15 is 0 Å². The van der Waals surface area contributed by atoms with Crippen LogP contribution in [0.4, 0.5) is 10.8 Å². The van der Waals surface area contributed by atoms with E-state index < -0.39 is 0 Å². The number of anilines is 2. The second-order valence-electron chi connectivity index (χ2n) is 4.08. The molecule has 0 aliphatic carbocycles. The summed E-state index contributed by atoms with van der Waals surface area (Å²) in [5.74, 6) is -0.263. The van der Waals surface area contributed by atoms with Gasteiger partial charge < -0.3 is 5.73 Å². The lowest BCUT2D eigenvalue weighted by Gasteiger charge is -1.99. The van der Waals surface area contributed by atoms with Gasteiger partial charge in [0.05, 0.1) is 5.69 Å². The van der Waals surface area contributed by atoms with E-state index in [1.54, 1.807) is 6.07 Å². The topological polar surface area (TPSA) is 96.7 Å². The number of aromatic amines is 1. The van der Waals surface area contributed by atoms with E-state index in [1.165, 1.54) is 17.5 Å². The molecule has 0 unspecified atom stereocenters. The smallest absolute Gasteiger partial charge is 0.275 e. The number of aromatic nitrogens is 3. The highest BCUT2D eigenvalue weighted by Crippen LogP contribution is 2.25. The Bertz CT molecular complexity index is 718. The van der Waals surface area contributed by atoms with Gasteiger partial charge in [0.1, 0.15) is 5.69 Å². The lowest BCUT2D eigenvalue weighted by atomic mass is 10.1. The zero-order chi connectivity index (χ0) is 13.9. The molecule has 2 heterocycles. The van der Waals surface area contributed by atoms with E-state index in [0.717, 1.165) is 11.3 Å². The molecule has 6 nitrogen and oxygen atoms in total. The first-order valence-corrected chi connectivity index (χ1v) is 6.72. The van der Waals surface area contributed by atoms with Crippen molar-refractivity contribution in [2.24, 2.45) is 0 Å². The van der Waals surface area contributed by atoms with E-state index in [1.807, 2.05) is 29.6 Å². The van der Waals surface area contributed by atoms with Crippen LogP contribution in [0.15, 0.2) is 41.9 Å². The van der Waals surface area contributed by atoms with Gasteiger partial charge in [0, 0.05) is 22.8 Å². The van der Waals surface area contributed by atoms with Crippen LogP contribution in [0.25, 0.3) is 11.3 Å². The third-order valence-corrected chi connectivity index (χ3v) is 3.43. The Hall–Kier alpha value is -2.67. The first kappa shape index (κ1) is 12.4. The van der Waals surface area contributed by atoms with Gasteiger partial charge in [-0.3, -0.25) is 15.2 Å². The number of amides is 1.